The highest BCUT2D eigenvalue weighted by Crippen LogP contribution is 2.23. The first-order valence-corrected chi connectivity index (χ1v) is 6.84. The summed E-state index contributed by atoms with van der Waals surface area (Å²) in [6.07, 6.45) is 0.973. The zero-order chi connectivity index (χ0) is 15.5. The Morgan fingerprint density at radius 2 is 2.10 bits per heavy atom. The lowest BCUT2D eigenvalue weighted by Gasteiger charge is -2.35. The molecule has 2 N–H and O–H groups in total. The molecule has 0 bridgehead atoms. The Bertz CT molecular complexity index is 591. The number of hydrogen-bond donors (Lipinski definition) is 2. The number of piperidine rings is 1. The number of halogens is 1. The quantitative estimate of drug-likeness (QED) is 0.763. The minimum absolute atomic E-state index is 0.00564. The van der Waals surface area contributed by atoms with Crippen LogP contribution in [0.3, 0.4) is 0 Å². The third-order valence-corrected chi connectivity index (χ3v) is 3.64. The van der Waals surface area contributed by atoms with E-state index in [1.165, 1.54) is 12.1 Å². The van der Waals surface area contributed by atoms with Crippen molar-refractivity contribution in [3.8, 4) is 11.8 Å². The average Bonchev–Trinajstić information content (AvgIpc) is 2.44. The number of amides is 1. The number of likely N-dealkylation sites (tertiary alicyclic amines) is 1. The molecule has 1 saturated heterocycles. The second kappa shape index (κ2) is 6.25. The summed E-state index contributed by atoms with van der Waals surface area (Å²) in [5.41, 5.74) is -0.329. The summed E-state index contributed by atoms with van der Waals surface area (Å²) < 4.78 is 14.0. The van der Waals surface area contributed by atoms with Crippen LogP contribution in [0.2, 0.25) is 0 Å². The van der Waals surface area contributed by atoms with E-state index >= 15 is 0 Å². The summed E-state index contributed by atoms with van der Waals surface area (Å²) in [4.78, 5) is 13.8. The Morgan fingerprint density at radius 1 is 1.43 bits per heavy atom. The van der Waals surface area contributed by atoms with E-state index in [-0.39, 0.29) is 18.1 Å². The fraction of sp³-hybridized carbons (Fsp3) is 0.438. The largest absolute Gasteiger partial charge is 0.390 e. The molecule has 0 spiro atoms. The smallest absolute Gasteiger partial charge is 0.256 e. The Morgan fingerprint density at radius 3 is 2.67 bits per heavy atom. The van der Waals surface area contributed by atoms with Gasteiger partial charge in [0.1, 0.15) is 12.4 Å². The molecule has 1 aromatic carbocycles. The minimum atomic E-state index is -0.751. The third-order valence-electron chi connectivity index (χ3n) is 3.64. The Labute approximate surface area is 123 Å². The first kappa shape index (κ1) is 15.5. The number of carbonyl (C=O) groups is 1. The van der Waals surface area contributed by atoms with Crippen molar-refractivity contribution in [3.05, 3.63) is 35.1 Å². The van der Waals surface area contributed by atoms with Crippen LogP contribution in [0.25, 0.3) is 0 Å². The van der Waals surface area contributed by atoms with Gasteiger partial charge in [0.15, 0.2) is 0 Å². The van der Waals surface area contributed by atoms with Crippen molar-refractivity contribution in [2.45, 2.75) is 25.4 Å². The predicted molar refractivity (Wildman–Crippen MR) is 76.1 cm³/mol. The molecule has 2 rings (SSSR count). The van der Waals surface area contributed by atoms with Crippen molar-refractivity contribution < 1.29 is 19.4 Å². The molecule has 0 aliphatic carbocycles. The molecule has 1 heterocycles. The van der Waals surface area contributed by atoms with Crippen molar-refractivity contribution in [2.24, 2.45) is 0 Å². The molecular formula is C16H18FNO3. The lowest BCUT2D eigenvalue weighted by atomic mass is 9.93. The molecule has 4 nitrogen and oxygen atoms in total. The van der Waals surface area contributed by atoms with Gasteiger partial charge in [0, 0.05) is 18.7 Å². The number of carbonyl (C=O) groups excluding carboxylic acids is 1. The summed E-state index contributed by atoms with van der Waals surface area (Å²) in [7, 11) is 0. The fourth-order valence-corrected chi connectivity index (χ4v) is 2.27. The van der Waals surface area contributed by atoms with E-state index in [0.717, 1.165) is 0 Å². The van der Waals surface area contributed by atoms with Crippen LogP contribution in [0.1, 0.15) is 35.7 Å². The van der Waals surface area contributed by atoms with Gasteiger partial charge in [0.05, 0.1) is 11.2 Å². The molecule has 21 heavy (non-hydrogen) atoms. The van der Waals surface area contributed by atoms with Crippen molar-refractivity contribution in [2.75, 3.05) is 19.7 Å². The van der Waals surface area contributed by atoms with Gasteiger partial charge in [-0.2, -0.15) is 0 Å². The number of hydrogen-bond acceptors (Lipinski definition) is 3. The minimum Gasteiger partial charge on any atom is -0.390 e. The highest BCUT2D eigenvalue weighted by atomic mass is 19.1. The SMILES string of the molecule is CC1(O)CCN(C(=O)c2ccc(C#CCO)cc2F)CC1. The van der Waals surface area contributed by atoms with Crippen molar-refractivity contribution >= 4 is 5.91 Å². The maximum Gasteiger partial charge on any atom is 0.256 e. The summed E-state index contributed by atoms with van der Waals surface area (Å²) >= 11 is 0. The highest BCUT2D eigenvalue weighted by molar-refractivity contribution is 5.94. The second-order valence-corrected chi connectivity index (χ2v) is 5.44. The maximum absolute atomic E-state index is 14.0. The molecule has 0 radical (unpaired) electrons. The highest BCUT2D eigenvalue weighted by Gasteiger charge is 2.30. The Balaban J connectivity index is 2.13. The van der Waals surface area contributed by atoms with Gasteiger partial charge >= 0.3 is 0 Å². The molecule has 0 saturated carbocycles. The van der Waals surface area contributed by atoms with Crippen molar-refractivity contribution in [1.29, 1.82) is 0 Å². The zero-order valence-corrected chi connectivity index (χ0v) is 11.9. The number of nitrogens with zero attached hydrogens (tertiary/aromatic N) is 1. The Hall–Kier alpha value is -1.90. The summed E-state index contributed by atoms with van der Waals surface area (Å²) in [5, 5.41) is 18.5. The van der Waals surface area contributed by atoms with Crippen LogP contribution in [0.5, 0.6) is 0 Å². The van der Waals surface area contributed by atoms with Crippen molar-refractivity contribution in [3.63, 3.8) is 0 Å². The Kier molecular flexibility index (Phi) is 4.61. The van der Waals surface area contributed by atoms with Crippen LogP contribution in [0.15, 0.2) is 18.2 Å². The second-order valence-electron chi connectivity index (χ2n) is 5.44. The normalized spacial score (nSPS) is 17.0. The van der Waals surface area contributed by atoms with Gasteiger partial charge in [-0.1, -0.05) is 11.8 Å². The predicted octanol–water partition coefficient (Wildman–Crippen LogP) is 1.16. The van der Waals surface area contributed by atoms with E-state index in [0.29, 0.717) is 31.5 Å². The van der Waals surface area contributed by atoms with Gasteiger partial charge in [0.25, 0.3) is 5.91 Å². The summed E-state index contributed by atoms with van der Waals surface area (Å²) in [6, 6.07) is 4.15. The molecular weight excluding hydrogens is 273 g/mol. The van der Waals surface area contributed by atoms with E-state index in [2.05, 4.69) is 11.8 Å². The summed E-state index contributed by atoms with van der Waals surface area (Å²) in [6.45, 7) is 2.27. The van der Waals surface area contributed by atoms with Crippen LogP contribution >= 0.6 is 0 Å². The van der Waals surface area contributed by atoms with Crippen LogP contribution in [0.4, 0.5) is 4.39 Å². The monoisotopic (exact) mass is 291 g/mol. The van der Waals surface area contributed by atoms with Gasteiger partial charge in [-0.15, -0.1) is 0 Å². The first-order valence-electron chi connectivity index (χ1n) is 6.84. The molecule has 0 atom stereocenters. The zero-order valence-electron chi connectivity index (χ0n) is 11.9. The van der Waals surface area contributed by atoms with Crippen LogP contribution in [-0.2, 0) is 0 Å². The number of benzene rings is 1. The number of rotatable bonds is 1. The summed E-state index contributed by atoms with van der Waals surface area (Å²) in [5.74, 6) is 4.03. The first-order chi connectivity index (χ1) is 9.93. The van der Waals surface area contributed by atoms with Gasteiger partial charge in [0.2, 0.25) is 0 Å². The molecule has 1 aliphatic heterocycles. The lowest BCUT2D eigenvalue weighted by Crippen LogP contribution is -2.45. The van der Waals surface area contributed by atoms with Crippen molar-refractivity contribution in [1.82, 2.24) is 4.90 Å². The van der Waals surface area contributed by atoms with Gasteiger partial charge in [-0.3, -0.25) is 4.79 Å². The van der Waals surface area contributed by atoms with Gasteiger partial charge < -0.3 is 15.1 Å². The molecule has 1 fully saturated rings. The topological polar surface area (TPSA) is 60.8 Å². The number of aliphatic hydroxyl groups is 2. The molecule has 0 aromatic heterocycles. The molecule has 5 heteroatoms. The van der Waals surface area contributed by atoms with Crippen LogP contribution in [-0.4, -0.2) is 46.3 Å². The van der Waals surface area contributed by atoms with Gasteiger partial charge in [-0.05, 0) is 38.0 Å². The molecule has 1 amide bonds. The average molecular weight is 291 g/mol. The molecule has 112 valence electrons. The van der Waals surface area contributed by atoms with E-state index in [1.807, 2.05) is 0 Å². The van der Waals surface area contributed by atoms with E-state index in [9.17, 15) is 14.3 Å². The molecule has 1 aromatic rings. The molecule has 1 aliphatic rings. The van der Waals surface area contributed by atoms with Gasteiger partial charge in [-0.25, -0.2) is 4.39 Å². The van der Waals surface area contributed by atoms with E-state index < -0.39 is 11.4 Å². The van der Waals surface area contributed by atoms with E-state index in [4.69, 9.17) is 5.11 Å². The van der Waals surface area contributed by atoms with Crippen LogP contribution in [0, 0.1) is 17.7 Å². The van der Waals surface area contributed by atoms with E-state index in [1.54, 1.807) is 17.9 Å². The molecule has 0 unspecified atom stereocenters. The maximum atomic E-state index is 14.0. The standard InChI is InChI=1S/C16H18FNO3/c1-16(21)6-8-18(9-7-16)15(20)13-5-4-12(3-2-10-19)11-14(13)17/h4-5,11,19,21H,6-10H2,1H3. The third kappa shape index (κ3) is 3.81. The lowest BCUT2D eigenvalue weighted by molar-refractivity contribution is -0.00213. The number of aliphatic hydroxyl groups excluding tert-OH is 1. The van der Waals surface area contributed by atoms with Crippen LogP contribution < -0.4 is 0 Å². The fourth-order valence-electron chi connectivity index (χ4n) is 2.27.